The highest BCUT2D eigenvalue weighted by molar-refractivity contribution is 5.75. The van der Waals surface area contributed by atoms with Crippen LogP contribution in [0.2, 0.25) is 0 Å². The average Bonchev–Trinajstić information content (AvgIpc) is 3.36. The molecule has 0 radical (unpaired) electrons. The molecule has 1 aliphatic rings. The Balaban J connectivity index is 1.46. The zero-order valence-corrected chi connectivity index (χ0v) is 14.7. The van der Waals surface area contributed by atoms with Crippen LogP contribution in [-0.2, 0) is 11.3 Å². The maximum atomic E-state index is 12.3. The molecular formula is C17H22N8O. The molecule has 1 saturated carbocycles. The standard InChI is InChI=1S/C17H22N8O/c1-13-4-9-21-24(13)10-15(26)19-11-17(6-2-3-7-17)23-14-5-8-18-16-20-12-22-25(14)16/h4-5,8-9,12,23H,2-3,6-7,10-11H2,1H3,(H,19,26). The molecule has 0 atom stereocenters. The second-order valence-corrected chi connectivity index (χ2v) is 6.82. The van der Waals surface area contributed by atoms with Gasteiger partial charge in [-0.25, -0.2) is 4.98 Å². The van der Waals surface area contributed by atoms with Crippen LogP contribution in [0.1, 0.15) is 31.4 Å². The first-order chi connectivity index (χ1) is 12.7. The number of anilines is 1. The number of hydrogen-bond acceptors (Lipinski definition) is 6. The average molecular weight is 354 g/mol. The van der Waals surface area contributed by atoms with E-state index in [0.29, 0.717) is 12.3 Å². The molecule has 3 aromatic rings. The number of carbonyl (C=O) groups excluding carboxylic acids is 1. The topological polar surface area (TPSA) is 102 Å². The van der Waals surface area contributed by atoms with Crippen LogP contribution in [-0.4, -0.2) is 47.4 Å². The van der Waals surface area contributed by atoms with Crippen molar-refractivity contribution in [2.75, 3.05) is 11.9 Å². The van der Waals surface area contributed by atoms with Crippen molar-refractivity contribution in [2.45, 2.75) is 44.7 Å². The first kappa shape index (κ1) is 16.5. The molecule has 0 saturated heterocycles. The Kier molecular flexibility index (Phi) is 4.27. The highest BCUT2D eigenvalue weighted by Gasteiger charge is 2.34. The molecule has 1 amide bonds. The molecule has 0 unspecified atom stereocenters. The fourth-order valence-electron chi connectivity index (χ4n) is 3.53. The van der Waals surface area contributed by atoms with Crippen molar-refractivity contribution in [2.24, 2.45) is 0 Å². The van der Waals surface area contributed by atoms with Crippen LogP contribution in [0.4, 0.5) is 5.82 Å². The van der Waals surface area contributed by atoms with Crippen molar-refractivity contribution >= 4 is 17.5 Å². The second kappa shape index (κ2) is 6.74. The second-order valence-electron chi connectivity index (χ2n) is 6.82. The van der Waals surface area contributed by atoms with Crippen LogP contribution in [0.15, 0.2) is 30.9 Å². The van der Waals surface area contributed by atoms with Crippen LogP contribution in [0, 0.1) is 6.92 Å². The van der Waals surface area contributed by atoms with Gasteiger partial charge in [0, 0.05) is 24.6 Å². The van der Waals surface area contributed by atoms with E-state index in [-0.39, 0.29) is 18.0 Å². The summed E-state index contributed by atoms with van der Waals surface area (Å²) in [7, 11) is 0. The lowest BCUT2D eigenvalue weighted by Gasteiger charge is -2.31. The minimum Gasteiger partial charge on any atom is -0.363 e. The van der Waals surface area contributed by atoms with Gasteiger partial charge in [-0.2, -0.15) is 19.7 Å². The van der Waals surface area contributed by atoms with E-state index in [1.165, 1.54) is 6.33 Å². The van der Waals surface area contributed by atoms with Gasteiger partial charge >= 0.3 is 0 Å². The highest BCUT2D eigenvalue weighted by atomic mass is 16.2. The van der Waals surface area contributed by atoms with Gasteiger partial charge in [-0.1, -0.05) is 12.8 Å². The smallest absolute Gasteiger partial charge is 0.254 e. The van der Waals surface area contributed by atoms with Crippen LogP contribution in [0.5, 0.6) is 0 Å². The third kappa shape index (κ3) is 3.24. The summed E-state index contributed by atoms with van der Waals surface area (Å²) in [5.74, 6) is 1.36. The number of nitrogens with zero attached hydrogens (tertiary/aromatic N) is 6. The lowest BCUT2D eigenvalue weighted by molar-refractivity contribution is -0.122. The van der Waals surface area contributed by atoms with E-state index >= 15 is 0 Å². The summed E-state index contributed by atoms with van der Waals surface area (Å²) in [6.45, 7) is 2.73. The van der Waals surface area contributed by atoms with Crippen molar-refractivity contribution in [3.8, 4) is 0 Å². The van der Waals surface area contributed by atoms with Crippen molar-refractivity contribution < 1.29 is 4.79 Å². The molecule has 9 nitrogen and oxygen atoms in total. The van der Waals surface area contributed by atoms with Gasteiger partial charge in [0.05, 0.1) is 5.54 Å². The van der Waals surface area contributed by atoms with Crippen molar-refractivity contribution in [1.82, 2.24) is 34.7 Å². The predicted molar refractivity (Wildman–Crippen MR) is 95.6 cm³/mol. The molecule has 1 fully saturated rings. The van der Waals surface area contributed by atoms with Gasteiger partial charge in [0.2, 0.25) is 5.91 Å². The van der Waals surface area contributed by atoms with E-state index in [2.05, 4.69) is 30.8 Å². The maximum absolute atomic E-state index is 12.3. The van der Waals surface area contributed by atoms with Gasteiger partial charge in [-0.15, -0.1) is 0 Å². The Hall–Kier alpha value is -2.97. The first-order valence-electron chi connectivity index (χ1n) is 8.83. The molecule has 3 heterocycles. The molecule has 1 aliphatic carbocycles. The number of carbonyl (C=O) groups is 1. The Morgan fingerprint density at radius 2 is 2.04 bits per heavy atom. The van der Waals surface area contributed by atoms with E-state index in [1.807, 2.05) is 19.1 Å². The SMILES string of the molecule is Cc1ccnn1CC(=O)NCC1(Nc2ccnc3ncnn23)CCCC1. The summed E-state index contributed by atoms with van der Waals surface area (Å²) in [5, 5.41) is 15.1. The molecular weight excluding hydrogens is 332 g/mol. The van der Waals surface area contributed by atoms with Crippen LogP contribution >= 0.6 is 0 Å². The van der Waals surface area contributed by atoms with E-state index in [0.717, 1.165) is 37.2 Å². The minimum atomic E-state index is -0.185. The quantitative estimate of drug-likeness (QED) is 0.689. The van der Waals surface area contributed by atoms with Gasteiger partial charge < -0.3 is 10.6 Å². The summed E-state index contributed by atoms with van der Waals surface area (Å²) >= 11 is 0. The predicted octanol–water partition coefficient (Wildman–Crippen LogP) is 1.17. The van der Waals surface area contributed by atoms with Gasteiger partial charge in [0.25, 0.3) is 5.78 Å². The highest BCUT2D eigenvalue weighted by Crippen LogP contribution is 2.32. The molecule has 136 valence electrons. The molecule has 0 aliphatic heterocycles. The monoisotopic (exact) mass is 354 g/mol. The molecule has 3 aromatic heterocycles. The van der Waals surface area contributed by atoms with Crippen molar-refractivity contribution in [1.29, 1.82) is 0 Å². The lowest BCUT2D eigenvalue weighted by Crippen LogP contribution is -2.48. The number of aryl methyl sites for hydroxylation is 1. The van der Waals surface area contributed by atoms with E-state index in [1.54, 1.807) is 21.6 Å². The third-order valence-electron chi connectivity index (χ3n) is 4.98. The summed E-state index contributed by atoms with van der Waals surface area (Å²) in [5.41, 5.74) is 0.786. The molecule has 0 aromatic carbocycles. The summed E-state index contributed by atoms with van der Waals surface area (Å²) in [6, 6.07) is 3.77. The Bertz CT molecular complexity index is 908. The van der Waals surface area contributed by atoms with Gasteiger partial charge in [0.1, 0.15) is 18.7 Å². The number of hydrogen-bond donors (Lipinski definition) is 2. The fourth-order valence-corrected chi connectivity index (χ4v) is 3.53. The van der Waals surface area contributed by atoms with Gasteiger partial charge in [0.15, 0.2) is 0 Å². The maximum Gasteiger partial charge on any atom is 0.254 e. The van der Waals surface area contributed by atoms with Gasteiger partial charge in [-0.3, -0.25) is 9.48 Å². The van der Waals surface area contributed by atoms with Crippen LogP contribution < -0.4 is 10.6 Å². The van der Waals surface area contributed by atoms with Crippen molar-refractivity contribution in [3.05, 3.63) is 36.5 Å². The number of amides is 1. The Morgan fingerprint density at radius 1 is 1.19 bits per heavy atom. The Morgan fingerprint density at radius 3 is 2.81 bits per heavy atom. The summed E-state index contributed by atoms with van der Waals surface area (Å²) in [4.78, 5) is 20.7. The minimum absolute atomic E-state index is 0.0366. The molecule has 0 spiro atoms. The van der Waals surface area contributed by atoms with E-state index in [9.17, 15) is 4.79 Å². The summed E-state index contributed by atoms with van der Waals surface area (Å²) < 4.78 is 3.39. The summed E-state index contributed by atoms with van der Waals surface area (Å²) in [6.07, 6.45) is 9.16. The first-order valence-corrected chi connectivity index (χ1v) is 8.83. The molecule has 0 bridgehead atoms. The zero-order valence-electron chi connectivity index (χ0n) is 14.7. The largest absolute Gasteiger partial charge is 0.363 e. The molecule has 26 heavy (non-hydrogen) atoms. The number of aromatic nitrogens is 6. The normalized spacial score (nSPS) is 16.0. The van der Waals surface area contributed by atoms with Crippen LogP contribution in [0.3, 0.4) is 0 Å². The number of nitrogens with one attached hydrogen (secondary N) is 2. The van der Waals surface area contributed by atoms with E-state index in [4.69, 9.17) is 0 Å². The van der Waals surface area contributed by atoms with Crippen molar-refractivity contribution in [3.63, 3.8) is 0 Å². The third-order valence-corrected chi connectivity index (χ3v) is 4.98. The van der Waals surface area contributed by atoms with Crippen LogP contribution in [0.25, 0.3) is 5.78 Å². The zero-order chi connectivity index (χ0) is 18.0. The molecule has 2 N–H and O–H groups in total. The molecule has 9 heteroatoms. The fraction of sp³-hybridized carbons (Fsp3) is 0.471. The molecule has 4 rings (SSSR count). The lowest BCUT2D eigenvalue weighted by atomic mass is 9.97. The number of rotatable bonds is 6. The Labute approximate surface area is 150 Å². The number of fused-ring (bicyclic) bond motifs is 1. The van der Waals surface area contributed by atoms with Gasteiger partial charge in [-0.05, 0) is 31.9 Å². The van der Waals surface area contributed by atoms with E-state index < -0.39 is 0 Å².